The summed E-state index contributed by atoms with van der Waals surface area (Å²) < 4.78 is 25.2. The van der Waals surface area contributed by atoms with Crippen LogP contribution in [0.3, 0.4) is 0 Å². The largest absolute Gasteiger partial charge is 0.324 e. The first kappa shape index (κ1) is 20.4. The highest BCUT2D eigenvalue weighted by Crippen LogP contribution is 2.41. The highest BCUT2D eigenvalue weighted by molar-refractivity contribution is 7.89. The number of fused-ring (bicyclic) bond motifs is 1. The zero-order valence-corrected chi connectivity index (χ0v) is 17.5. The second kappa shape index (κ2) is 7.25. The number of hydrogen-bond acceptors (Lipinski definition) is 7. The van der Waals surface area contributed by atoms with Gasteiger partial charge in [-0.25, -0.2) is 17.7 Å². The van der Waals surface area contributed by atoms with Crippen LogP contribution in [0.25, 0.3) is 0 Å². The molecule has 3 heterocycles. The van der Waals surface area contributed by atoms with Gasteiger partial charge in [0.1, 0.15) is 5.69 Å². The Hall–Kier alpha value is -2.33. The summed E-state index contributed by atoms with van der Waals surface area (Å²) in [7, 11) is 0.0648. The second-order valence-corrected chi connectivity index (χ2v) is 9.63. The van der Waals surface area contributed by atoms with Gasteiger partial charge in [0.15, 0.2) is 0 Å². The van der Waals surface area contributed by atoms with Crippen LogP contribution in [0.5, 0.6) is 0 Å². The summed E-state index contributed by atoms with van der Waals surface area (Å²) in [6.07, 6.45) is 5.62. The van der Waals surface area contributed by atoms with Gasteiger partial charge in [-0.15, -0.1) is 0 Å². The lowest BCUT2D eigenvalue weighted by molar-refractivity contribution is -0.128. The molecule has 10 heteroatoms. The lowest BCUT2D eigenvalue weighted by Crippen LogP contribution is -2.43. The van der Waals surface area contributed by atoms with Crippen LogP contribution in [-0.4, -0.2) is 77.2 Å². The Morgan fingerprint density at radius 3 is 2.46 bits per heavy atom. The predicted molar refractivity (Wildman–Crippen MR) is 102 cm³/mol. The van der Waals surface area contributed by atoms with Crippen molar-refractivity contribution in [2.75, 3.05) is 26.9 Å². The third-order valence-electron chi connectivity index (χ3n) is 4.91. The molecule has 0 aliphatic carbocycles. The zero-order chi connectivity index (χ0) is 20.8. The van der Waals surface area contributed by atoms with E-state index in [4.69, 9.17) is 0 Å². The van der Waals surface area contributed by atoms with E-state index in [1.54, 1.807) is 12.3 Å². The Bertz CT molecular complexity index is 924. The molecule has 1 aromatic rings. The number of nitrogens with zero attached hydrogens (tertiary/aromatic N) is 5. The minimum absolute atomic E-state index is 0.130. The summed E-state index contributed by atoms with van der Waals surface area (Å²) in [5.41, 5.74) is 1.27. The molecule has 9 nitrogen and oxygen atoms in total. The van der Waals surface area contributed by atoms with Crippen molar-refractivity contribution in [3.63, 3.8) is 0 Å². The van der Waals surface area contributed by atoms with Crippen molar-refractivity contribution in [2.45, 2.75) is 26.4 Å². The van der Waals surface area contributed by atoms with E-state index in [1.807, 2.05) is 32.8 Å². The third kappa shape index (κ3) is 3.53. The minimum atomic E-state index is -3.76. The van der Waals surface area contributed by atoms with Gasteiger partial charge in [-0.1, -0.05) is 13.8 Å². The van der Waals surface area contributed by atoms with Gasteiger partial charge in [0.2, 0.25) is 15.9 Å². The number of rotatable bonds is 5. The van der Waals surface area contributed by atoms with Crippen molar-refractivity contribution in [1.82, 2.24) is 24.1 Å². The van der Waals surface area contributed by atoms with Crippen LogP contribution in [0.4, 0.5) is 0 Å². The van der Waals surface area contributed by atoms with Crippen LogP contribution in [0.2, 0.25) is 0 Å². The second-order valence-electron chi connectivity index (χ2n) is 7.80. The van der Waals surface area contributed by atoms with E-state index in [9.17, 15) is 18.0 Å². The quantitative estimate of drug-likeness (QED) is 0.692. The summed E-state index contributed by atoms with van der Waals surface area (Å²) in [5, 5.41) is 0. The highest BCUT2D eigenvalue weighted by Gasteiger charge is 2.54. The number of amides is 2. The fourth-order valence-electron chi connectivity index (χ4n) is 3.80. The Morgan fingerprint density at radius 1 is 1.29 bits per heavy atom. The van der Waals surface area contributed by atoms with Crippen LogP contribution in [0.1, 0.15) is 30.0 Å². The molecule has 0 saturated carbocycles. The molecule has 0 N–H and O–H groups in total. The Morgan fingerprint density at radius 2 is 1.96 bits per heavy atom. The molecule has 28 heavy (non-hydrogen) atoms. The van der Waals surface area contributed by atoms with Gasteiger partial charge in [-0.05, 0) is 26.1 Å². The van der Waals surface area contributed by atoms with Crippen molar-refractivity contribution in [1.29, 1.82) is 0 Å². The first-order valence-corrected chi connectivity index (χ1v) is 10.9. The molecule has 0 aromatic carbocycles. The molecule has 1 saturated heterocycles. The molecule has 1 fully saturated rings. The van der Waals surface area contributed by atoms with Gasteiger partial charge >= 0.3 is 0 Å². The van der Waals surface area contributed by atoms with Gasteiger partial charge in [-0.3, -0.25) is 14.6 Å². The fraction of sp³-hybridized carbons (Fsp3) is 0.556. The summed E-state index contributed by atoms with van der Waals surface area (Å²) in [4.78, 5) is 37.8. The van der Waals surface area contributed by atoms with Crippen LogP contribution in [-0.2, 0) is 21.4 Å². The standard InChI is InChI=1S/C18H25N5O4S/c1-11(2)15-16-14(23(18(15)25)28(5,26)27)6-7-22(16)17(24)13-9-19-12(8-20-13)10-21(3)4/h6,8-9,11,15-16H,7,10H2,1-5H3/t15-,16+/m1/s1. The lowest BCUT2D eigenvalue weighted by Gasteiger charge is -2.28. The average Bonchev–Trinajstić information content (AvgIpc) is 3.09. The monoisotopic (exact) mass is 407 g/mol. The van der Waals surface area contributed by atoms with E-state index in [1.165, 1.54) is 11.1 Å². The molecule has 0 spiro atoms. The van der Waals surface area contributed by atoms with E-state index in [0.29, 0.717) is 12.2 Å². The molecular weight excluding hydrogens is 382 g/mol. The SMILES string of the molecule is CC(C)[C@H]1C(=O)N(S(C)(=O)=O)C2=CCN(C(=O)c3cnc(CN(C)C)cn3)[C@@H]21. The lowest BCUT2D eigenvalue weighted by atomic mass is 9.89. The van der Waals surface area contributed by atoms with Crippen molar-refractivity contribution < 1.29 is 18.0 Å². The van der Waals surface area contributed by atoms with E-state index < -0.39 is 27.9 Å². The third-order valence-corrected chi connectivity index (χ3v) is 5.96. The predicted octanol–water partition coefficient (Wildman–Crippen LogP) is 0.321. The van der Waals surface area contributed by atoms with Crippen LogP contribution >= 0.6 is 0 Å². The van der Waals surface area contributed by atoms with E-state index in [2.05, 4.69) is 9.97 Å². The first-order chi connectivity index (χ1) is 13.0. The van der Waals surface area contributed by atoms with Gasteiger partial charge in [-0.2, -0.15) is 0 Å². The van der Waals surface area contributed by atoms with Crippen molar-refractivity contribution >= 4 is 21.8 Å². The number of hydrogen-bond donors (Lipinski definition) is 0. The molecule has 2 aliphatic heterocycles. The van der Waals surface area contributed by atoms with Crippen molar-refractivity contribution in [2.24, 2.45) is 11.8 Å². The molecule has 0 radical (unpaired) electrons. The number of carbonyl (C=O) groups excluding carboxylic acids is 2. The minimum Gasteiger partial charge on any atom is -0.324 e. The van der Waals surface area contributed by atoms with Crippen LogP contribution < -0.4 is 0 Å². The Labute approximate surface area is 165 Å². The van der Waals surface area contributed by atoms with Gasteiger partial charge in [0.05, 0.1) is 42.0 Å². The van der Waals surface area contributed by atoms with Crippen LogP contribution in [0.15, 0.2) is 24.2 Å². The summed E-state index contributed by atoms with van der Waals surface area (Å²) in [6, 6.07) is -0.613. The zero-order valence-electron chi connectivity index (χ0n) is 16.7. The average molecular weight is 407 g/mol. The van der Waals surface area contributed by atoms with Gasteiger partial charge < -0.3 is 9.80 Å². The van der Waals surface area contributed by atoms with E-state index in [-0.39, 0.29) is 24.1 Å². The molecule has 1 aromatic heterocycles. The van der Waals surface area contributed by atoms with Crippen LogP contribution in [0, 0.1) is 11.8 Å². The van der Waals surface area contributed by atoms with Gasteiger partial charge in [0, 0.05) is 13.1 Å². The molecule has 0 bridgehead atoms. The number of sulfonamides is 1. The van der Waals surface area contributed by atoms with E-state index >= 15 is 0 Å². The Kier molecular flexibility index (Phi) is 5.28. The maximum Gasteiger partial charge on any atom is 0.274 e. The molecule has 2 atom stereocenters. The van der Waals surface area contributed by atoms with Crippen molar-refractivity contribution in [3.05, 3.63) is 35.6 Å². The maximum atomic E-state index is 13.1. The maximum absolute atomic E-state index is 13.1. The first-order valence-electron chi connectivity index (χ1n) is 9.03. The number of aromatic nitrogens is 2. The molecule has 152 valence electrons. The molecule has 2 amide bonds. The fourth-order valence-corrected chi connectivity index (χ4v) is 4.81. The number of carbonyl (C=O) groups is 2. The highest BCUT2D eigenvalue weighted by atomic mass is 32.2. The molecular formula is C18H25N5O4S. The van der Waals surface area contributed by atoms with Crippen molar-refractivity contribution in [3.8, 4) is 0 Å². The summed E-state index contributed by atoms with van der Waals surface area (Å²) in [5.74, 6) is -1.60. The topological polar surface area (TPSA) is 104 Å². The van der Waals surface area contributed by atoms with Gasteiger partial charge in [0.25, 0.3) is 5.91 Å². The molecule has 0 unspecified atom stereocenters. The van der Waals surface area contributed by atoms with E-state index in [0.717, 1.165) is 16.3 Å². The molecule has 3 rings (SSSR count). The summed E-state index contributed by atoms with van der Waals surface area (Å²) >= 11 is 0. The molecule has 2 aliphatic rings. The smallest absolute Gasteiger partial charge is 0.274 e. The normalized spacial score (nSPS) is 22.2. The Balaban J connectivity index is 1.90. The summed E-state index contributed by atoms with van der Waals surface area (Å²) in [6.45, 7) is 4.53.